The van der Waals surface area contributed by atoms with E-state index in [0.29, 0.717) is 19.5 Å². The number of hydrogen-bond acceptors (Lipinski definition) is 2. The smallest absolute Gasteiger partial charge is 0.242 e. The van der Waals surface area contributed by atoms with Crippen molar-refractivity contribution >= 4 is 11.8 Å². The zero-order chi connectivity index (χ0) is 19.5. The number of carbonyl (C=O) groups is 2. The fourth-order valence-electron chi connectivity index (χ4n) is 2.97. The van der Waals surface area contributed by atoms with Crippen molar-refractivity contribution in [3.05, 3.63) is 71.8 Å². The lowest BCUT2D eigenvalue weighted by atomic mass is 10.1. The van der Waals surface area contributed by atoms with Crippen molar-refractivity contribution in [3.8, 4) is 0 Å². The van der Waals surface area contributed by atoms with E-state index in [1.165, 1.54) is 0 Å². The molecule has 1 N–H and O–H groups in total. The SMILES string of the molecule is CCCCCNC(=O)[C@H](C)N(Cc1ccccc1)C(=O)Cc1ccccc1. The number of nitrogens with one attached hydrogen (secondary N) is 1. The molecule has 27 heavy (non-hydrogen) atoms. The highest BCUT2D eigenvalue weighted by molar-refractivity contribution is 5.88. The average molecular weight is 367 g/mol. The first kappa shape index (κ1) is 20.7. The second-order valence-corrected chi connectivity index (χ2v) is 6.84. The van der Waals surface area contributed by atoms with E-state index in [-0.39, 0.29) is 11.8 Å². The maximum absolute atomic E-state index is 13.0. The minimum atomic E-state index is -0.511. The Kier molecular flexibility index (Phi) is 8.56. The molecule has 0 spiro atoms. The number of carbonyl (C=O) groups excluding carboxylic acids is 2. The number of amides is 2. The van der Waals surface area contributed by atoms with Crippen molar-refractivity contribution in [3.63, 3.8) is 0 Å². The summed E-state index contributed by atoms with van der Waals surface area (Å²) in [5, 5.41) is 2.97. The summed E-state index contributed by atoms with van der Waals surface area (Å²) in [5.74, 6) is -0.135. The molecule has 4 heteroatoms. The van der Waals surface area contributed by atoms with Crippen molar-refractivity contribution in [1.82, 2.24) is 10.2 Å². The quantitative estimate of drug-likeness (QED) is 0.647. The molecule has 0 bridgehead atoms. The first-order chi connectivity index (χ1) is 13.1. The van der Waals surface area contributed by atoms with Gasteiger partial charge in [0.15, 0.2) is 0 Å². The van der Waals surface area contributed by atoms with Gasteiger partial charge in [-0.3, -0.25) is 9.59 Å². The van der Waals surface area contributed by atoms with E-state index >= 15 is 0 Å². The number of rotatable bonds is 10. The Morgan fingerprint density at radius 3 is 2.11 bits per heavy atom. The number of nitrogens with zero attached hydrogens (tertiary/aromatic N) is 1. The summed E-state index contributed by atoms with van der Waals surface area (Å²) < 4.78 is 0. The van der Waals surface area contributed by atoms with Gasteiger partial charge in [-0.2, -0.15) is 0 Å². The lowest BCUT2D eigenvalue weighted by molar-refractivity contribution is -0.140. The van der Waals surface area contributed by atoms with E-state index in [0.717, 1.165) is 30.4 Å². The van der Waals surface area contributed by atoms with Crippen LogP contribution in [0.4, 0.5) is 0 Å². The first-order valence-corrected chi connectivity index (χ1v) is 9.76. The maximum Gasteiger partial charge on any atom is 0.242 e. The van der Waals surface area contributed by atoms with Gasteiger partial charge in [-0.1, -0.05) is 80.4 Å². The molecule has 4 nitrogen and oxygen atoms in total. The molecule has 2 aromatic carbocycles. The summed E-state index contributed by atoms with van der Waals surface area (Å²) in [6.45, 7) is 5.02. The van der Waals surface area contributed by atoms with E-state index in [9.17, 15) is 9.59 Å². The van der Waals surface area contributed by atoms with Crippen molar-refractivity contribution < 1.29 is 9.59 Å². The van der Waals surface area contributed by atoms with E-state index in [1.807, 2.05) is 60.7 Å². The minimum Gasteiger partial charge on any atom is -0.354 e. The van der Waals surface area contributed by atoms with Crippen LogP contribution in [-0.4, -0.2) is 29.3 Å². The highest BCUT2D eigenvalue weighted by Gasteiger charge is 2.25. The minimum absolute atomic E-state index is 0.0405. The van der Waals surface area contributed by atoms with E-state index in [2.05, 4.69) is 12.2 Å². The fraction of sp³-hybridized carbons (Fsp3) is 0.391. The highest BCUT2D eigenvalue weighted by Crippen LogP contribution is 2.12. The summed E-state index contributed by atoms with van der Waals surface area (Å²) in [7, 11) is 0. The monoisotopic (exact) mass is 366 g/mol. The molecule has 2 aromatic rings. The molecule has 0 saturated heterocycles. The second-order valence-electron chi connectivity index (χ2n) is 6.84. The number of unbranched alkanes of at least 4 members (excludes halogenated alkanes) is 2. The van der Waals surface area contributed by atoms with Crippen LogP contribution in [0, 0.1) is 0 Å². The van der Waals surface area contributed by atoms with E-state index in [4.69, 9.17) is 0 Å². The van der Waals surface area contributed by atoms with Crippen LogP contribution in [0.2, 0.25) is 0 Å². The van der Waals surface area contributed by atoms with Gasteiger partial charge >= 0.3 is 0 Å². The van der Waals surface area contributed by atoms with Gasteiger partial charge in [0, 0.05) is 13.1 Å². The molecule has 0 aliphatic heterocycles. The summed E-state index contributed by atoms with van der Waals surface area (Å²) >= 11 is 0. The lowest BCUT2D eigenvalue weighted by Crippen LogP contribution is -2.48. The Bertz CT molecular complexity index is 701. The third-order valence-corrected chi connectivity index (χ3v) is 4.64. The average Bonchev–Trinajstić information content (AvgIpc) is 2.70. The standard InChI is InChI=1S/C23H30N2O2/c1-3-4-11-16-24-23(27)19(2)25(18-21-14-9-6-10-15-21)22(26)17-20-12-7-5-8-13-20/h5-10,12-15,19H,3-4,11,16-18H2,1-2H3,(H,24,27)/t19-/m0/s1. The van der Waals surface area contributed by atoms with Crippen LogP contribution in [0.1, 0.15) is 44.2 Å². The molecule has 144 valence electrons. The molecule has 1 atom stereocenters. The molecule has 0 aliphatic carbocycles. The Hall–Kier alpha value is -2.62. The van der Waals surface area contributed by atoms with E-state index < -0.39 is 6.04 Å². The molecule has 0 heterocycles. The Balaban J connectivity index is 2.08. The van der Waals surface area contributed by atoms with Crippen molar-refractivity contribution in [2.24, 2.45) is 0 Å². The van der Waals surface area contributed by atoms with Crippen LogP contribution in [0.25, 0.3) is 0 Å². The second kappa shape index (κ2) is 11.2. The largest absolute Gasteiger partial charge is 0.354 e. The first-order valence-electron chi connectivity index (χ1n) is 9.76. The van der Waals surface area contributed by atoms with Gasteiger partial charge in [-0.15, -0.1) is 0 Å². The highest BCUT2D eigenvalue weighted by atomic mass is 16.2. The zero-order valence-corrected chi connectivity index (χ0v) is 16.4. The summed E-state index contributed by atoms with van der Waals surface area (Å²) in [6.07, 6.45) is 3.46. The topological polar surface area (TPSA) is 49.4 Å². The van der Waals surface area contributed by atoms with Gasteiger partial charge in [0.1, 0.15) is 6.04 Å². The molecule has 0 aromatic heterocycles. The van der Waals surface area contributed by atoms with E-state index in [1.54, 1.807) is 11.8 Å². The van der Waals surface area contributed by atoms with Gasteiger partial charge in [0.25, 0.3) is 0 Å². The van der Waals surface area contributed by atoms with Crippen LogP contribution in [0.5, 0.6) is 0 Å². The summed E-state index contributed by atoms with van der Waals surface area (Å²) in [6, 6.07) is 19.0. The third kappa shape index (κ3) is 6.89. The Morgan fingerprint density at radius 2 is 1.52 bits per heavy atom. The van der Waals surface area contributed by atoms with Crippen molar-refractivity contribution in [1.29, 1.82) is 0 Å². The Labute approximate surface area is 162 Å². The molecule has 0 aliphatic rings. The molecular formula is C23H30N2O2. The molecule has 0 radical (unpaired) electrons. The predicted molar refractivity (Wildman–Crippen MR) is 109 cm³/mol. The lowest BCUT2D eigenvalue weighted by Gasteiger charge is -2.29. The molecule has 0 fully saturated rings. The number of benzene rings is 2. The van der Waals surface area contributed by atoms with Gasteiger partial charge in [0.05, 0.1) is 6.42 Å². The van der Waals surface area contributed by atoms with Crippen molar-refractivity contribution in [2.75, 3.05) is 6.54 Å². The fourth-order valence-corrected chi connectivity index (χ4v) is 2.97. The van der Waals surface area contributed by atoms with Crippen LogP contribution in [0.3, 0.4) is 0 Å². The van der Waals surface area contributed by atoms with Gasteiger partial charge < -0.3 is 10.2 Å². The van der Waals surface area contributed by atoms with Crippen LogP contribution in [-0.2, 0) is 22.6 Å². The molecule has 2 amide bonds. The van der Waals surface area contributed by atoms with Gasteiger partial charge in [0.2, 0.25) is 11.8 Å². The summed E-state index contributed by atoms with van der Waals surface area (Å²) in [4.78, 5) is 27.3. The van der Waals surface area contributed by atoms with Crippen molar-refractivity contribution in [2.45, 2.75) is 52.1 Å². The van der Waals surface area contributed by atoms with Gasteiger partial charge in [-0.05, 0) is 24.5 Å². The van der Waals surface area contributed by atoms with Gasteiger partial charge in [-0.25, -0.2) is 0 Å². The third-order valence-electron chi connectivity index (χ3n) is 4.64. The number of hydrogen-bond donors (Lipinski definition) is 1. The van der Waals surface area contributed by atoms with Crippen LogP contribution < -0.4 is 5.32 Å². The molecule has 2 rings (SSSR count). The van der Waals surface area contributed by atoms with Crippen LogP contribution in [0.15, 0.2) is 60.7 Å². The summed E-state index contributed by atoms with van der Waals surface area (Å²) in [5.41, 5.74) is 1.97. The normalized spacial score (nSPS) is 11.6. The molecule has 0 unspecified atom stereocenters. The zero-order valence-electron chi connectivity index (χ0n) is 16.4. The molecular weight excluding hydrogens is 336 g/mol. The predicted octanol–water partition coefficient (Wildman–Crippen LogP) is 3.95. The maximum atomic E-state index is 13.0. The van der Waals surface area contributed by atoms with Crippen LogP contribution >= 0.6 is 0 Å². The molecule has 0 saturated carbocycles. The Morgan fingerprint density at radius 1 is 0.926 bits per heavy atom.